The van der Waals surface area contributed by atoms with Crippen molar-refractivity contribution in [3.63, 3.8) is 0 Å². The van der Waals surface area contributed by atoms with Crippen molar-refractivity contribution in [3.8, 4) is 5.75 Å². The van der Waals surface area contributed by atoms with Gasteiger partial charge in [0.05, 0.1) is 12.4 Å². The normalized spacial score (nSPS) is 10.4. The zero-order valence-corrected chi connectivity index (χ0v) is 14.7. The lowest BCUT2D eigenvalue weighted by molar-refractivity contribution is -0.113. The molecular formula is C17H21N3O2S. The van der Waals surface area contributed by atoms with Crippen LogP contribution in [0.5, 0.6) is 5.75 Å². The van der Waals surface area contributed by atoms with Gasteiger partial charge in [0.25, 0.3) is 0 Å². The minimum absolute atomic E-state index is 0.0846. The van der Waals surface area contributed by atoms with Gasteiger partial charge in [0.15, 0.2) is 5.16 Å². The van der Waals surface area contributed by atoms with E-state index in [-0.39, 0.29) is 11.7 Å². The maximum atomic E-state index is 12.0. The summed E-state index contributed by atoms with van der Waals surface area (Å²) in [4.78, 5) is 20.8. The van der Waals surface area contributed by atoms with Crippen molar-refractivity contribution in [2.24, 2.45) is 0 Å². The Labute approximate surface area is 140 Å². The number of aromatic nitrogens is 2. The molecule has 1 aromatic heterocycles. The van der Waals surface area contributed by atoms with Crippen LogP contribution in [0, 0.1) is 20.8 Å². The van der Waals surface area contributed by atoms with Gasteiger partial charge in [-0.05, 0) is 57.5 Å². The van der Waals surface area contributed by atoms with Gasteiger partial charge in [-0.3, -0.25) is 4.79 Å². The molecule has 122 valence electrons. The summed E-state index contributed by atoms with van der Waals surface area (Å²) >= 11 is 1.34. The van der Waals surface area contributed by atoms with Crippen LogP contribution in [0.2, 0.25) is 0 Å². The third-order valence-corrected chi connectivity index (χ3v) is 4.24. The second kappa shape index (κ2) is 7.97. The molecule has 0 aliphatic heterocycles. The first-order chi connectivity index (χ1) is 11.0. The number of ether oxygens (including phenoxy) is 1. The van der Waals surface area contributed by atoms with Crippen molar-refractivity contribution < 1.29 is 9.53 Å². The zero-order chi connectivity index (χ0) is 16.8. The number of carbonyl (C=O) groups excluding carboxylic acids is 1. The number of nitrogens with one attached hydrogen (secondary N) is 1. The second-order valence-corrected chi connectivity index (χ2v) is 6.04. The van der Waals surface area contributed by atoms with Gasteiger partial charge in [-0.25, -0.2) is 9.97 Å². The molecule has 0 bridgehead atoms. The van der Waals surface area contributed by atoms with E-state index >= 15 is 0 Å². The SMILES string of the molecule is CCOc1ccc(NC(=O)CSc2nc(C)c(C)c(C)n2)cc1. The summed E-state index contributed by atoms with van der Waals surface area (Å²) in [6.07, 6.45) is 0. The summed E-state index contributed by atoms with van der Waals surface area (Å²) in [5.41, 5.74) is 3.74. The number of aryl methyl sites for hydroxylation is 2. The van der Waals surface area contributed by atoms with Gasteiger partial charge in [0.2, 0.25) is 5.91 Å². The number of amides is 1. The number of benzene rings is 1. The van der Waals surface area contributed by atoms with Crippen molar-refractivity contribution in [1.29, 1.82) is 0 Å². The molecule has 0 spiro atoms. The average molecular weight is 331 g/mol. The van der Waals surface area contributed by atoms with Gasteiger partial charge in [0, 0.05) is 17.1 Å². The monoisotopic (exact) mass is 331 g/mol. The molecule has 0 radical (unpaired) electrons. The van der Waals surface area contributed by atoms with Gasteiger partial charge in [-0.15, -0.1) is 0 Å². The van der Waals surface area contributed by atoms with E-state index < -0.39 is 0 Å². The van der Waals surface area contributed by atoms with Crippen LogP contribution >= 0.6 is 11.8 Å². The number of hydrogen-bond donors (Lipinski definition) is 1. The van der Waals surface area contributed by atoms with E-state index in [1.807, 2.05) is 52.0 Å². The van der Waals surface area contributed by atoms with Crippen molar-refractivity contribution in [3.05, 3.63) is 41.2 Å². The molecule has 0 aliphatic rings. The lowest BCUT2D eigenvalue weighted by Crippen LogP contribution is -2.14. The highest BCUT2D eigenvalue weighted by atomic mass is 32.2. The highest BCUT2D eigenvalue weighted by Crippen LogP contribution is 2.19. The van der Waals surface area contributed by atoms with Crippen LogP contribution in [0.3, 0.4) is 0 Å². The lowest BCUT2D eigenvalue weighted by Gasteiger charge is -2.08. The van der Waals surface area contributed by atoms with E-state index in [0.29, 0.717) is 11.8 Å². The predicted octanol–water partition coefficient (Wildman–Crippen LogP) is 3.53. The topological polar surface area (TPSA) is 64.1 Å². The van der Waals surface area contributed by atoms with E-state index in [1.165, 1.54) is 11.8 Å². The van der Waals surface area contributed by atoms with Crippen LogP contribution in [0.4, 0.5) is 5.69 Å². The van der Waals surface area contributed by atoms with E-state index in [4.69, 9.17) is 4.74 Å². The summed E-state index contributed by atoms with van der Waals surface area (Å²) in [6.45, 7) is 8.46. The largest absolute Gasteiger partial charge is 0.494 e. The molecule has 0 fully saturated rings. The molecule has 1 amide bonds. The zero-order valence-electron chi connectivity index (χ0n) is 13.8. The number of carbonyl (C=O) groups is 1. The maximum Gasteiger partial charge on any atom is 0.234 e. The van der Waals surface area contributed by atoms with Crippen molar-refractivity contribution in [1.82, 2.24) is 9.97 Å². The Hall–Kier alpha value is -2.08. The first-order valence-corrected chi connectivity index (χ1v) is 8.45. The standard InChI is InChI=1S/C17H21N3O2S/c1-5-22-15-8-6-14(7-9-15)20-16(21)10-23-17-18-12(3)11(2)13(4)19-17/h6-9H,5,10H2,1-4H3,(H,20,21). The Morgan fingerprint density at radius 3 is 2.30 bits per heavy atom. The predicted molar refractivity (Wildman–Crippen MR) is 93.2 cm³/mol. The van der Waals surface area contributed by atoms with E-state index in [1.54, 1.807) is 0 Å². The third-order valence-electron chi connectivity index (χ3n) is 3.39. The van der Waals surface area contributed by atoms with Gasteiger partial charge in [0.1, 0.15) is 5.75 Å². The van der Waals surface area contributed by atoms with Gasteiger partial charge < -0.3 is 10.1 Å². The van der Waals surface area contributed by atoms with Crippen LogP contribution < -0.4 is 10.1 Å². The van der Waals surface area contributed by atoms with E-state index in [9.17, 15) is 4.79 Å². The molecule has 0 atom stereocenters. The second-order valence-electron chi connectivity index (χ2n) is 5.10. The summed E-state index contributed by atoms with van der Waals surface area (Å²) in [6, 6.07) is 7.32. The van der Waals surface area contributed by atoms with Gasteiger partial charge in [-0.2, -0.15) is 0 Å². The number of rotatable bonds is 6. The fourth-order valence-electron chi connectivity index (χ4n) is 1.93. The molecule has 6 heteroatoms. The summed E-state index contributed by atoms with van der Waals surface area (Å²) in [7, 11) is 0. The van der Waals surface area contributed by atoms with Crippen molar-refractivity contribution in [2.75, 3.05) is 17.7 Å². The lowest BCUT2D eigenvalue weighted by atomic mass is 10.2. The van der Waals surface area contributed by atoms with Crippen LogP contribution in [-0.4, -0.2) is 28.2 Å². The number of nitrogens with zero attached hydrogens (tertiary/aromatic N) is 2. The molecule has 1 heterocycles. The van der Waals surface area contributed by atoms with Crippen molar-refractivity contribution in [2.45, 2.75) is 32.9 Å². The number of hydrogen-bond acceptors (Lipinski definition) is 5. The Bertz CT molecular complexity index is 664. The molecule has 1 aromatic carbocycles. The minimum atomic E-state index is -0.0846. The molecule has 2 rings (SSSR count). The summed E-state index contributed by atoms with van der Waals surface area (Å²) in [5, 5.41) is 3.48. The Morgan fingerprint density at radius 1 is 1.13 bits per heavy atom. The molecule has 0 unspecified atom stereocenters. The number of anilines is 1. The highest BCUT2D eigenvalue weighted by Gasteiger charge is 2.08. The van der Waals surface area contributed by atoms with E-state index in [0.717, 1.165) is 28.4 Å². The molecule has 0 saturated carbocycles. The molecular weight excluding hydrogens is 310 g/mol. The summed E-state index contributed by atoms with van der Waals surface area (Å²) < 4.78 is 5.37. The van der Waals surface area contributed by atoms with Crippen molar-refractivity contribution >= 4 is 23.4 Å². The molecule has 23 heavy (non-hydrogen) atoms. The molecule has 1 N–H and O–H groups in total. The Morgan fingerprint density at radius 2 is 1.74 bits per heavy atom. The van der Waals surface area contributed by atoms with Crippen LogP contribution in [0.25, 0.3) is 0 Å². The van der Waals surface area contributed by atoms with Crippen LogP contribution in [0.15, 0.2) is 29.4 Å². The Kier molecular flexibility index (Phi) is 5.98. The molecule has 0 saturated heterocycles. The highest BCUT2D eigenvalue weighted by molar-refractivity contribution is 7.99. The quantitative estimate of drug-likeness (QED) is 0.648. The smallest absolute Gasteiger partial charge is 0.234 e. The first kappa shape index (κ1) is 17.3. The molecule has 5 nitrogen and oxygen atoms in total. The van der Waals surface area contributed by atoms with Crippen LogP contribution in [-0.2, 0) is 4.79 Å². The first-order valence-electron chi connectivity index (χ1n) is 7.47. The van der Waals surface area contributed by atoms with Gasteiger partial charge >= 0.3 is 0 Å². The minimum Gasteiger partial charge on any atom is -0.494 e. The average Bonchev–Trinajstić information content (AvgIpc) is 2.52. The molecule has 2 aromatic rings. The maximum absolute atomic E-state index is 12.0. The van der Waals surface area contributed by atoms with Crippen LogP contribution in [0.1, 0.15) is 23.9 Å². The fraction of sp³-hybridized carbons (Fsp3) is 0.353. The third kappa shape index (κ3) is 4.96. The number of thioether (sulfide) groups is 1. The Balaban J connectivity index is 1.90. The van der Waals surface area contributed by atoms with Gasteiger partial charge in [-0.1, -0.05) is 11.8 Å². The fourth-order valence-corrected chi connectivity index (χ4v) is 2.67. The summed E-state index contributed by atoms with van der Waals surface area (Å²) in [5.74, 6) is 0.979. The van der Waals surface area contributed by atoms with E-state index in [2.05, 4.69) is 15.3 Å². The molecule has 0 aliphatic carbocycles.